The fourth-order valence-electron chi connectivity index (χ4n) is 4.59. The number of methoxy groups -OCH3 is 1. The van der Waals surface area contributed by atoms with Crippen LogP contribution in [0, 0.1) is 17.8 Å². The predicted molar refractivity (Wildman–Crippen MR) is 107 cm³/mol. The number of hydrogen-bond donors (Lipinski definition) is 2. The number of benzene rings is 1. The molecule has 2 N–H and O–H groups in total. The van der Waals surface area contributed by atoms with E-state index in [1.54, 1.807) is 7.11 Å². The van der Waals surface area contributed by atoms with Crippen molar-refractivity contribution >= 4 is 17.8 Å². The molecule has 1 aliphatic heterocycles. The monoisotopic (exact) mass is 397 g/mol. The minimum atomic E-state index is -0.779. The van der Waals surface area contributed by atoms with E-state index in [-0.39, 0.29) is 24.8 Å². The zero-order valence-corrected chi connectivity index (χ0v) is 16.6. The van der Waals surface area contributed by atoms with Crippen molar-refractivity contribution < 1.29 is 19.1 Å². The summed E-state index contributed by atoms with van der Waals surface area (Å²) in [4.78, 5) is 38.3. The van der Waals surface area contributed by atoms with Crippen molar-refractivity contribution in [3.8, 4) is 5.75 Å². The van der Waals surface area contributed by atoms with Crippen molar-refractivity contribution in [1.29, 1.82) is 0 Å². The third kappa shape index (κ3) is 4.28. The van der Waals surface area contributed by atoms with Gasteiger partial charge in [0.15, 0.2) is 0 Å². The molecule has 2 bridgehead atoms. The van der Waals surface area contributed by atoms with Crippen LogP contribution in [0.25, 0.3) is 0 Å². The smallest absolute Gasteiger partial charge is 0.324 e. The average Bonchev–Trinajstić information content (AvgIpc) is 3.41. The molecule has 7 heteroatoms. The molecule has 2 fully saturated rings. The highest BCUT2D eigenvalue weighted by atomic mass is 16.5. The molecule has 154 valence electrons. The molecule has 0 radical (unpaired) electrons. The Labute approximate surface area is 170 Å². The number of amides is 4. The molecule has 0 spiro atoms. The molecule has 1 aromatic rings. The highest BCUT2D eigenvalue weighted by Crippen LogP contribution is 2.42. The van der Waals surface area contributed by atoms with Gasteiger partial charge in [-0.2, -0.15) is 0 Å². The van der Waals surface area contributed by atoms with Crippen LogP contribution in [0.15, 0.2) is 36.4 Å². The Balaban J connectivity index is 1.23. The lowest BCUT2D eigenvalue weighted by atomic mass is 9.93. The lowest BCUT2D eigenvalue weighted by Crippen LogP contribution is -2.38. The number of nitrogens with zero attached hydrogens (tertiary/aromatic N) is 1. The number of urea groups is 1. The van der Waals surface area contributed by atoms with Gasteiger partial charge in [-0.05, 0) is 54.7 Å². The first-order chi connectivity index (χ1) is 14.0. The van der Waals surface area contributed by atoms with E-state index in [1.165, 1.54) is 11.3 Å². The Morgan fingerprint density at radius 1 is 1.21 bits per heavy atom. The number of carbonyl (C=O) groups is 3. The quantitative estimate of drug-likeness (QED) is 0.518. The van der Waals surface area contributed by atoms with Crippen LogP contribution >= 0.6 is 0 Å². The molecule has 4 amide bonds. The van der Waals surface area contributed by atoms with Crippen LogP contribution in [0.4, 0.5) is 4.79 Å². The SMILES string of the molecule is COc1ccc(CCN2C(=O)N[C@H](CC(=O)NC[C@@H]3C[C@H]4C=C[C@H]3C4)C2=O)cc1. The minimum absolute atomic E-state index is 0.0136. The molecular formula is C22H27N3O4. The van der Waals surface area contributed by atoms with E-state index in [2.05, 4.69) is 22.8 Å². The first kappa shape index (κ1) is 19.5. The zero-order chi connectivity index (χ0) is 20.4. The minimum Gasteiger partial charge on any atom is -0.497 e. The molecule has 1 aromatic carbocycles. The summed E-state index contributed by atoms with van der Waals surface area (Å²) >= 11 is 0. The van der Waals surface area contributed by atoms with Gasteiger partial charge in [-0.1, -0.05) is 24.3 Å². The normalized spacial score (nSPS) is 27.4. The van der Waals surface area contributed by atoms with Crippen LogP contribution < -0.4 is 15.4 Å². The summed E-state index contributed by atoms with van der Waals surface area (Å²) in [6.45, 7) is 0.924. The van der Waals surface area contributed by atoms with E-state index < -0.39 is 12.1 Å². The second kappa shape index (κ2) is 8.27. The van der Waals surface area contributed by atoms with Gasteiger partial charge in [0.25, 0.3) is 5.91 Å². The number of allylic oxidation sites excluding steroid dienone is 2. The third-order valence-corrected chi connectivity index (χ3v) is 6.26. The number of imide groups is 1. The topological polar surface area (TPSA) is 87.7 Å². The van der Waals surface area contributed by atoms with Crippen LogP contribution in [0.5, 0.6) is 5.75 Å². The summed E-state index contributed by atoms with van der Waals surface area (Å²) in [6, 6.07) is 6.30. The summed E-state index contributed by atoms with van der Waals surface area (Å²) in [7, 11) is 1.60. The molecule has 3 aliphatic rings. The van der Waals surface area contributed by atoms with Gasteiger partial charge in [-0.15, -0.1) is 0 Å². The Kier molecular flexibility index (Phi) is 5.56. The van der Waals surface area contributed by atoms with Gasteiger partial charge >= 0.3 is 6.03 Å². The van der Waals surface area contributed by atoms with Gasteiger partial charge in [-0.3, -0.25) is 14.5 Å². The van der Waals surface area contributed by atoms with Crippen molar-refractivity contribution in [2.75, 3.05) is 20.2 Å². The molecule has 0 aromatic heterocycles. The molecule has 0 unspecified atom stereocenters. The van der Waals surface area contributed by atoms with Crippen molar-refractivity contribution in [3.05, 3.63) is 42.0 Å². The van der Waals surface area contributed by atoms with Crippen molar-refractivity contribution in [1.82, 2.24) is 15.5 Å². The van der Waals surface area contributed by atoms with Gasteiger partial charge in [0, 0.05) is 13.1 Å². The first-order valence-corrected chi connectivity index (χ1v) is 10.2. The highest BCUT2D eigenvalue weighted by molar-refractivity contribution is 6.05. The molecule has 29 heavy (non-hydrogen) atoms. The fraction of sp³-hybridized carbons (Fsp3) is 0.500. The van der Waals surface area contributed by atoms with Crippen LogP contribution in [0.2, 0.25) is 0 Å². The second-order valence-electron chi connectivity index (χ2n) is 8.14. The Bertz CT molecular complexity index is 820. The third-order valence-electron chi connectivity index (χ3n) is 6.26. The molecule has 2 aliphatic carbocycles. The fourth-order valence-corrected chi connectivity index (χ4v) is 4.59. The summed E-state index contributed by atoms with van der Waals surface area (Å²) < 4.78 is 5.13. The van der Waals surface area contributed by atoms with Crippen LogP contribution in [-0.4, -0.2) is 49.0 Å². The predicted octanol–water partition coefficient (Wildman–Crippen LogP) is 1.88. The number of carbonyl (C=O) groups excluding carboxylic acids is 3. The number of rotatable bonds is 8. The number of ether oxygens (including phenoxy) is 1. The lowest BCUT2D eigenvalue weighted by Gasteiger charge is -2.19. The van der Waals surface area contributed by atoms with Crippen LogP contribution in [0.1, 0.15) is 24.8 Å². The van der Waals surface area contributed by atoms with Gasteiger partial charge in [0.05, 0.1) is 13.5 Å². The second-order valence-corrected chi connectivity index (χ2v) is 8.14. The summed E-state index contributed by atoms with van der Waals surface area (Å²) in [5, 5.41) is 5.59. The largest absolute Gasteiger partial charge is 0.497 e. The van der Waals surface area contributed by atoms with Gasteiger partial charge < -0.3 is 15.4 Å². The summed E-state index contributed by atoms with van der Waals surface area (Å²) in [5.41, 5.74) is 1.01. The maximum Gasteiger partial charge on any atom is 0.324 e. The maximum atomic E-state index is 12.6. The van der Waals surface area contributed by atoms with Crippen molar-refractivity contribution in [3.63, 3.8) is 0 Å². The van der Waals surface area contributed by atoms with E-state index in [0.29, 0.717) is 30.7 Å². The van der Waals surface area contributed by atoms with E-state index in [1.807, 2.05) is 24.3 Å². The van der Waals surface area contributed by atoms with Crippen molar-refractivity contribution in [2.24, 2.45) is 17.8 Å². The molecule has 1 heterocycles. The maximum absolute atomic E-state index is 12.6. The molecular weight excluding hydrogens is 370 g/mol. The summed E-state index contributed by atoms with van der Waals surface area (Å²) in [5.74, 6) is 1.97. The van der Waals surface area contributed by atoms with E-state index in [0.717, 1.165) is 17.7 Å². The number of fused-ring (bicyclic) bond motifs is 2. The summed E-state index contributed by atoms with van der Waals surface area (Å²) in [6.07, 6.45) is 7.39. The van der Waals surface area contributed by atoms with E-state index in [9.17, 15) is 14.4 Å². The standard InChI is InChI=1S/C22H27N3O4/c1-29-18-6-3-14(4-7-18)8-9-25-21(27)19(24-22(25)28)12-20(26)23-13-17-11-15-2-5-16(17)10-15/h2-7,15-17,19H,8-13H2,1H3,(H,23,26)(H,24,28)/t15-,16-,17-,19+/m0/s1. The number of hydrogen-bond acceptors (Lipinski definition) is 4. The molecule has 4 atom stereocenters. The molecule has 4 rings (SSSR count). The number of nitrogens with one attached hydrogen (secondary N) is 2. The van der Waals surface area contributed by atoms with Gasteiger partial charge in [0.2, 0.25) is 5.91 Å². The zero-order valence-electron chi connectivity index (χ0n) is 16.6. The highest BCUT2D eigenvalue weighted by Gasteiger charge is 2.39. The first-order valence-electron chi connectivity index (χ1n) is 10.2. The Morgan fingerprint density at radius 3 is 2.66 bits per heavy atom. The van der Waals surface area contributed by atoms with E-state index >= 15 is 0 Å². The van der Waals surface area contributed by atoms with E-state index in [4.69, 9.17) is 4.74 Å². The van der Waals surface area contributed by atoms with Crippen LogP contribution in [0.3, 0.4) is 0 Å². The molecule has 1 saturated carbocycles. The molecule has 1 saturated heterocycles. The van der Waals surface area contributed by atoms with Gasteiger partial charge in [-0.25, -0.2) is 4.79 Å². The van der Waals surface area contributed by atoms with Gasteiger partial charge in [0.1, 0.15) is 11.8 Å². The van der Waals surface area contributed by atoms with Crippen LogP contribution in [-0.2, 0) is 16.0 Å². The van der Waals surface area contributed by atoms with Crippen molar-refractivity contribution in [2.45, 2.75) is 31.7 Å². The Hall–Kier alpha value is -2.83. The Morgan fingerprint density at radius 2 is 2.00 bits per heavy atom. The molecule has 7 nitrogen and oxygen atoms in total. The lowest BCUT2D eigenvalue weighted by molar-refractivity contribution is -0.130. The average molecular weight is 397 g/mol.